The van der Waals surface area contributed by atoms with Gasteiger partial charge in [-0.3, -0.25) is 4.90 Å². The van der Waals surface area contributed by atoms with Gasteiger partial charge in [0, 0.05) is 45.6 Å². The summed E-state index contributed by atoms with van der Waals surface area (Å²) < 4.78 is 2.12. The van der Waals surface area contributed by atoms with Crippen LogP contribution >= 0.6 is 0 Å². The van der Waals surface area contributed by atoms with Crippen LogP contribution < -0.4 is 5.32 Å². The Morgan fingerprint density at radius 2 is 1.89 bits per heavy atom. The first-order chi connectivity index (χ1) is 9.36. The highest BCUT2D eigenvalue weighted by Crippen LogP contribution is 2.27. The van der Waals surface area contributed by atoms with Crippen LogP contribution in [0.5, 0.6) is 0 Å². The molecule has 1 aromatic heterocycles. The molecule has 1 N–H and O–H groups in total. The zero-order valence-electron chi connectivity index (χ0n) is 11.3. The minimum atomic E-state index is 0.253. The van der Waals surface area contributed by atoms with Crippen LogP contribution in [0.25, 0.3) is 0 Å². The van der Waals surface area contributed by atoms with E-state index in [1.165, 1.54) is 5.56 Å². The smallest absolute Gasteiger partial charge is 0.130 e. The molecule has 1 fully saturated rings. The fraction of sp³-hybridized carbons (Fsp3) is 0.400. The molecule has 1 aliphatic rings. The third kappa shape index (κ3) is 2.55. The first kappa shape index (κ1) is 12.4. The quantitative estimate of drug-likeness (QED) is 0.901. The number of nitrogens with zero attached hydrogens (tertiary/aromatic N) is 3. The number of rotatable bonds is 3. The zero-order valence-corrected chi connectivity index (χ0v) is 11.3. The highest BCUT2D eigenvalue weighted by atomic mass is 15.2. The Balaban J connectivity index is 1.98. The number of hydrogen-bond acceptors (Lipinski definition) is 3. The molecule has 0 bridgehead atoms. The molecule has 3 rings (SSSR count). The molecule has 1 saturated heterocycles. The van der Waals surface area contributed by atoms with Gasteiger partial charge < -0.3 is 9.88 Å². The maximum atomic E-state index is 4.57. The minimum absolute atomic E-state index is 0.253. The van der Waals surface area contributed by atoms with Crippen molar-refractivity contribution in [2.45, 2.75) is 6.04 Å². The first-order valence-corrected chi connectivity index (χ1v) is 6.83. The van der Waals surface area contributed by atoms with Crippen LogP contribution in [0, 0.1) is 0 Å². The monoisotopic (exact) mass is 256 g/mol. The largest absolute Gasteiger partial charge is 0.336 e. The maximum Gasteiger partial charge on any atom is 0.130 e. The fourth-order valence-electron chi connectivity index (χ4n) is 2.74. The lowest BCUT2D eigenvalue weighted by Crippen LogP contribution is -2.46. The number of aryl methyl sites for hydroxylation is 1. The molecule has 1 atom stereocenters. The van der Waals surface area contributed by atoms with Gasteiger partial charge in [-0.1, -0.05) is 30.3 Å². The van der Waals surface area contributed by atoms with E-state index in [0.29, 0.717) is 0 Å². The van der Waals surface area contributed by atoms with E-state index in [2.05, 4.69) is 57.1 Å². The van der Waals surface area contributed by atoms with E-state index in [1.807, 2.05) is 12.4 Å². The second-order valence-corrected chi connectivity index (χ2v) is 5.00. The summed E-state index contributed by atoms with van der Waals surface area (Å²) in [5, 5.41) is 3.41. The number of hydrogen-bond donors (Lipinski definition) is 1. The molecule has 1 unspecified atom stereocenters. The standard InChI is InChI=1S/C15H20N4/c1-18-10-9-17-15(18)14(13-5-3-2-4-6-13)19-11-7-16-8-12-19/h2-6,9-10,14,16H,7-8,11-12H2,1H3. The number of piperazine rings is 1. The SMILES string of the molecule is Cn1ccnc1C(c1ccccc1)N1CCNCC1. The van der Waals surface area contributed by atoms with Crippen LogP contribution in [-0.2, 0) is 7.05 Å². The lowest BCUT2D eigenvalue weighted by Gasteiger charge is -2.34. The number of aromatic nitrogens is 2. The van der Waals surface area contributed by atoms with Gasteiger partial charge in [0.2, 0.25) is 0 Å². The first-order valence-electron chi connectivity index (χ1n) is 6.83. The van der Waals surface area contributed by atoms with Crippen LogP contribution in [0.4, 0.5) is 0 Å². The number of imidazole rings is 1. The van der Waals surface area contributed by atoms with Crippen molar-refractivity contribution in [3.8, 4) is 0 Å². The Morgan fingerprint density at radius 3 is 2.53 bits per heavy atom. The third-order valence-electron chi connectivity index (χ3n) is 3.74. The summed E-state index contributed by atoms with van der Waals surface area (Å²) in [4.78, 5) is 7.08. The predicted molar refractivity (Wildman–Crippen MR) is 75.9 cm³/mol. The number of nitrogens with one attached hydrogen (secondary N) is 1. The zero-order chi connectivity index (χ0) is 13.1. The minimum Gasteiger partial charge on any atom is -0.336 e. The Hall–Kier alpha value is -1.65. The second-order valence-electron chi connectivity index (χ2n) is 5.00. The summed E-state index contributed by atoms with van der Waals surface area (Å²) in [6.07, 6.45) is 3.90. The predicted octanol–water partition coefficient (Wildman–Crippen LogP) is 1.41. The van der Waals surface area contributed by atoms with Crippen molar-refractivity contribution in [1.82, 2.24) is 19.8 Å². The molecule has 2 heterocycles. The van der Waals surface area contributed by atoms with Gasteiger partial charge in [0.25, 0.3) is 0 Å². The van der Waals surface area contributed by atoms with Crippen molar-refractivity contribution in [3.63, 3.8) is 0 Å². The summed E-state index contributed by atoms with van der Waals surface area (Å²) in [5.41, 5.74) is 1.32. The van der Waals surface area contributed by atoms with Gasteiger partial charge in [0.05, 0.1) is 6.04 Å². The van der Waals surface area contributed by atoms with Crippen LogP contribution in [0.1, 0.15) is 17.4 Å². The molecule has 2 aromatic rings. The van der Waals surface area contributed by atoms with Crippen molar-refractivity contribution >= 4 is 0 Å². The van der Waals surface area contributed by atoms with E-state index in [1.54, 1.807) is 0 Å². The van der Waals surface area contributed by atoms with Gasteiger partial charge in [-0.15, -0.1) is 0 Å². The van der Waals surface area contributed by atoms with Gasteiger partial charge in [0.1, 0.15) is 5.82 Å². The van der Waals surface area contributed by atoms with Crippen LogP contribution in [0.15, 0.2) is 42.7 Å². The van der Waals surface area contributed by atoms with E-state index in [-0.39, 0.29) is 6.04 Å². The van der Waals surface area contributed by atoms with Gasteiger partial charge in [-0.25, -0.2) is 4.98 Å². The lowest BCUT2D eigenvalue weighted by molar-refractivity contribution is 0.190. The number of benzene rings is 1. The van der Waals surface area contributed by atoms with Crippen LogP contribution in [0.2, 0.25) is 0 Å². The molecule has 1 aromatic carbocycles. The summed E-state index contributed by atoms with van der Waals surface area (Å²) in [5.74, 6) is 1.12. The Labute approximate surface area is 114 Å². The highest BCUT2D eigenvalue weighted by molar-refractivity contribution is 5.25. The van der Waals surface area contributed by atoms with Crippen LogP contribution in [0.3, 0.4) is 0 Å². The van der Waals surface area contributed by atoms with Crippen molar-refractivity contribution in [2.24, 2.45) is 7.05 Å². The van der Waals surface area contributed by atoms with Crippen molar-refractivity contribution in [1.29, 1.82) is 0 Å². The van der Waals surface area contributed by atoms with E-state index >= 15 is 0 Å². The third-order valence-corrected chi connectivity index (χ3v) is 3.74. The lowest BCUT2D eigenvalue weighted by atomic mass is 10.0. The van der Waals surface area contributed by atoms with Crippen molar-refractivity contribution in [3.05, 3.63) is 54.1 Å². The molecule has 0 amide bonds. The Morgan fingerprint density at radius 1 is 1.16 bits per heavy atom. The van der Waals surface area contributed by atoms with Gasteiger partial charge in [-0.2, -0.15) is 0 Å². The molecule has 1 aliphatic heterocycles. The Kier molecular flexibility index (Phi) is 3.62. The normalized spacial score (nSPS) is 18.4. The van der Waals surface area contributed by atoms with Crippen molar-refractivity contribution in [2.75, 3.05) is 26.2 Å². The summed E-state index contributed by atoms with van der Waals surface area (Å²) in [6.45, 7) is 4.22. The summed E-state index contributed by atoms with van der Waals surface area (Å²) in [7, 11) is 2.07. The molecule has 100 valence electrons. The molecule has 0 aliphatic carbocycles. The topological polar surface area (TPSA) is 33.1 Å². The molecule has 4 nitrogen and oxygen atoms in total. The van der Waals surface area contributed by atoms with Gasteiger partial charge >= 0.3 is 0 Å². The van der Waals surface area contributed by atoms with E-state index in [4.69, 9.17) is 0 Å². The molecule has 0 radical (unpaired) electrons. The second kappa shape index (κ2) is 5.55. The molecular weight excluding hydrogens is 236 g/mol. The molecular formula is C15H20N4. The van der Waals surface area contributed by atoms with E-state index in [0.717, 1.165) is 32.0 Å². The molecule has 4 heteroatoms. The Bertz CT molecular complexity index is 514. The fourth-order valence-corrected chi connectivity index (χ4v) is 2.74. The van der Waals surface area contributed by atoms with E-state index < -0.39 is 0 Å². The summed E-state index contributed by atoms with van der Waals surface area (Å²) in [6, 6.07) is 10.9. The van der Waals surface area contributed by atoms with Crippen molar-refractivity contribution < 1.29 is 0 Å². The summed E-state index contributed by atoms with van der Waals surface area (Å²) >= 11 is 0. The maximum absolute atomic E-state index is 4.57. The average molecular weight is 256 g/mol. The molecule has 0 saturated carbocycles. The highest BCUT2D eigenvalue weighted by Gasteiger charge is 2.26. The molecule has 0 spiro atoms. The van der Waals surface area contributed by atoms with Crippen LogP contribution in [-0.4, -0.2) is 40.6 Å². The van der Waals surface area contributed by atoms with Gasteiger partial charge in [0.15, 0.2) is 0 Å². The van der Waals surface area contributed by atoms with Gasteiger partial charge in [-0.05, 0) is 5.56 Å². The average Bonchev–Trinajstić information content (AvgIpc) is 2.88. The molecule has 19 heavy (non-hydrogen) atoms. The van der Waals surface area contributed by atoms with E-state index in [9.17, 15) is 0 Å².